The molecule has 0 radical (unpaired) electrons. The molecule has 0 saturated heterocycles. The van der Waals surface area contributed by atoms with Gasteiger partial charge in [-0.2, -0.15) is 0 Å². The third-order valence-corrected chi connectivity index (χ3v) is 2.64. The lowest BCUT2D eigenvalue weighted by Gasteiger charge is -2.05. The topological polar surface area (TPSA) is 33.1 Å². The Labute approximate surface area is 101 Å². The zero-order valence-corrected chi connectivity index (χ0v) is 9.80. The highest BCUT2D eigenvalue weighted by Gasteiger charge is 1.99. The van der Waals surface area contributed by atoms with Gasteiger partial charge in [-0.1, -0.05) is 25.1 Å². The Morgan fingerprint density at radius 2 is 2.00 bits per heavy atom. The summed E-state index contributed by atoms with van der Waals surface area (Å²) in [5, 5.41) is 9.43. The number of hydrogen-bond donors (Lipinski definition) is 1. The van der Waals surface area contributed by atoms with Crippen LogP contribution in [0.15, 0.2) is 48.8 Å². The zero-order valence-electron chi connectivity index (χ0n) is 9.80. The van der Waals surface area contributed by atoms with E-state index in [4.69, 9.17) is 0 Å². The zero-order chi connectivity index (χ0) is 12.1. The average Bonchev–Trinajstić information content (AvgIpc) is 2.37. The quantitative estimate of drug-likeness (QED) is 0.863. The first-order valence-electron chi connectivity index (χ1n) is 5.69. The molecule has 0 bridgehead atoms. The Bertz CT molecular complexity index is 517. The molecule has 1 aromatic heterocycles. The Hall–Kier alpha value is -2.09. The van der Waals surface area contributed by atoms with Crippen molar-refractivity contribution in [3.63, 3.8) is 0 Å². The summed E-state index contributed by atoms with van der Waals surface area (Å²) >= 11 is 0. The van der Waals surface area contributed by atoms with Crippen LogP contribution in [0.1, 0.15) is 24.5 Å². The first-order valence-corrected chi connectivity index (χ1v) is 5.69. The van der Waals surface area contributed by atoms with Gasteiger partial charge in [0.1, 0.15) is 5.75 Å². The van der Waals surface area contributed by atoms with E-state index >= 15 is 0 Å². The van der Waals surface area contributed by atoms with Gasteiger partial charge >= 0.3 is 0 Å². The molecule has 17 heavy (non-hydrogen) atoms. The van der Waals surface area contributed by atoms with E-state index in [-0.39, 0.29) is 0 Å². The standard InChI is InChI=1S/C15H15NO/c1-2-13(14-6-8-16-9-7-14)10-12-4-3-5-15(17)11-12/h3-11,17H,2H2,1H3. The van der Waals surface area contributed by atoms with Gasteiger partial charge in [-0.15, -0.1) is 0 Å². The van der Waals surface area contributed by atoms with E-state index < -0.39 is 0 Å². The number of phenols is 1. The average molecular weight is 225 g/mol. The molecule has 0 aliphatic heterocycles. The van der Waals surface area contributed by atoms with Gasteiger partial charge in [-0.25, -0.2) is 0 Å². The van der Waals surface area contributed by atoms with Crippen LogP contribution in [0.5, 0.6) is 5.75 Å². The van der Waals surface area contributed by atoms with Crippen LogP contribution in [-0.2, 0) is 0 Å². The van der Waals surface area contributed by atoms with Gasteiger partial charge in [-0.05, 0) is 47.4 Å². The number of aromatic hydroxyl groups is 1. The van der Waals surface area contributed by atoms with Crippen molar-refractivity contribution in [2.45, 2.75) is 13.3 Å². The minimum Gasteiger partial charge on any atom is -0.508 e. The van der Waals surface area contributed by atoms with E-state index in [9.17, 15) is 5.11 Å². The maximum Gasteiger partial charge on any atom is 0.116 e. The molecule has 86 valence electrons. The number of benzene rings is 1. The molecule has 2 heteroatoms. The van der Waals surface area contributed by atoms with Crippen molar-refractivity contribution in [3.05, 3.63) is 59.9 Å². The van der Waals surface area contributed by atoms with Crippen LogP contribution in [0.3, 0.4) is 0 Å². The fraction of sp³-hybridized carbons (Fsp3) is 0.133. The molecule has 0 amide bonds. The fourth-order valence-corrected chi connectivity index (χ4v) is 1.77. The van der Waals surface area contributed by atoms with Gasteiger partial charge in [0.05, 0.1) is 0 Å². The molecular formula is C15H15NO. The maximum absolute atomic E-state index is 9.43. The second-order valence-electron chi connectivity index (χ2n) is 3.85. The minimum absolute atomic E-state index is 0.295. The van der Waals surface area contributed by atoms with E-state index in [2.05, 4.69) is 18.0 Å². The number of phenolic OH excluding ortho intramolecular Hbond substituents is 1. The highest BCUT2D eigenvalue weighted by molar-refractivity contribution is 5.81. The third kappa shape index (κ3) is 2.94. The summed E-state index contributed by atoms with van der Waals surface area (Å²) in [6.07, 6.45) is 6.62. The smallest absolute Gasteiger partial charge is 0.116 e. The third-order valence-electron chi connectivity index (χ3n) is 2.64. The van der Waals surface area contributed by atoms with Gasteiger partial charge < -0.3 is 5.11 Å². The second-order valence-corrected chi connectivity index (χ2v) is 3.85. The van der Waals surface area contributed by atoms with Gasteiger partial charge in [0.15, 0.2) is 0 Å². The van der Waals surface area contributed by atoms with Crippen LogP contribution in [0.2, 0.25) is 0 Å². The molecule has 0 aliphatic carbocycles. The van der Waals surface area contributed by atoms with Gasteiger partial charge in [0.2, 0.25) is 0 Å². The Morgan fingerprint density at radius 1 is 1.24 bits per heavy atom. The number of pyridine rings is 1. The summed E-state index contributed by atoms with van der Waals surface area (Å²) in [4.78, 5) is 4.02. The Kier molecular flexibility index (Phi) is 3.55. The summed E-state index contributed by atoms with van der Waals surface area (Å²) in [6.45, 7) is 2.12. The summed E-state index contributed by atoms with van der Waals surface area (Å²) in [5.74, 6) is 0.295. The van der Waals surface area contributed by atoms with Crippen LogP contribution in [0.4, 0.5) is 0 Å². The van der Waals surface area contributed by atoms with Crippen molar-refractivity contribution < 1.29 is 5.11 Å². The summed E-state index contributed by atoms with van der Waals surface area (Å²) < 4.78 is 0. The molecule has 0 unspecified atom stereocenters. The first kappa shape index (κ1) is 11.4. The van der Waals surface area contributed by atoms with Gasteiger partial charge in [-0.3, -0.25) is 4.98 Å². The van der Waals surface area contributed by atoms with Crippen LogP contribution < -0.4 is 0 Å². The van der Waals surface area contributed by atoms with E-state index in [1.54, 1.807) is 24.5 Å². The van der Waals surface area contributed by atoms with Crippen molar-refractivity contribution in [2.24, 2.45) is 0 Å². The largest absolute Gasteiger partial charge is 0.508 e. The van der Waals surface area contributed by atoms with Crippen molar-refractivity contribution in [2.75, 3.05) is 0 Å². The molecule has 1 N–H and O–H groups in total. The molecule has 0 aliphatic rings. The molecular weight excluding hydrogens is 210 g/mol. The molecule has 2 aromatic rings. The number of nitrogens with zero attached hydrogens (tertiary/aromatic N) is 1. The lowest BCUT2D eigenvalue weighted by atomic mass is 10.0. The highest BCUT2D eigenvalue weighted by atomic mass is 16.3. The summed E-state index contributed by atoms with van der Waals surface area (Å²) in [7, 11) is 0. The SMILES string of the molecule is CCC(=Cc1cccc(O)c1)c1ccncc1. The molecule has 2 nitrogen and oxygen atoms in total. The predicted molar refractivity (Wildman–Crippen MR) is 70.5 cm³/mol. The summed E-state index contributed by atoms with van der Waals surface area (Å²) in [6, 6.07) is 11.3. The van der Waals surface area contributed by atoms with Gasteiger partial charge in [0.25, 0.3) is 0 Å². The van der Waals surface area contributed by atoms with E-state index in [0.717, 1.165) is 12.0 Å². The van der Waals surface area contributed by atoms with E-state index in [0.29, 0.717) is 5.75 Å². The molecule has 0 fully saturated rings. The van der Waals surface area contributed by atoms with Gasteiger partial charge in [0, 0.05) is 12.4 Å². The monoisotopic (exact) mass is 225 g/mol. The fourth-order valence-electron chi connectivity index (χ4n) is 1.77. The van der Waals surface area contributed by atoms with Crippen molar-refractivity contribution in [3.8, 4) is 5.75 Å². The molecule has 0 spiro atoms. The Balaban J connectivity index is 2.36. The summed E-state index contributed by atoms with van der Waals surface area (Å²) in [5.41, 5.74) is 3.42. The van der Waals surface area contributed by atoms with Crippen molar-refractivity contribution in [1.82, 2.24) is 4.98 Å². The maximum atomic E-state index is 9.43. The lowest BCUT2D eigenvalue weighted by molar-refractivity contribution is 0.475. The molecule has 0 saturated carbocycles. The van der Waals surface area contributed by atoms with Crippen molar-refractivity contribution in [1.29, 1.82) is 0 Å². The predicted octanol–water partition coefficient (Wildman–Crippen LogP) is 3.74. The molecule has 0 atom stereocenters. The molecule has 2 rings (SSSR count). The van der Waals surface area contributed by atoms with Crippen LogP contribution in [0, 0.1) is 0 Å². The van der Waals surface area contributed by atoms with Crippen LogP contribution in [-0.4, -0.2) is 10.1 Å². The number of rotatable bonds is 3. The van der Waals surface area contributed by atoms with Crippen LogP contribution >= 0.6 is 0 Å². The number of hydrogen-bond acceptors (Lipinski definition) is 2. The normalized spacial score (nSPS) is 11.5. The minimum atomic E-state index is 0.295. The van der Waals surface area contributed by atoms with Crippen molar-refractivity contribution >= 4 is 11.6 Å². The first-order chi connectivity index (χ1) is 8.29. The molecule has 1 heterocycles. The lowest BCUT2D eigenvalue weighted by Crippen LogP contribution is -1.83. The van der Waals surface area contributed by atoms with E-state index in [1.165, 1.54) is 11.1 Å². The molecule has 1 aromatic carbocycles. The van der Waals surface area contributed by atoms with E-state index in [1.807, 2.05) is 24.3 Å². The van der Waals surface area contributed by atoms with Crippen LogP contribution in [0.25, 0.3) is 11.6 Å². The second kappa shape index (κ2) is 5.30. The number of aromatic nitrogens is 1. The number of allylic oxidation sites excluding steroid dienone is 1. The Morgan fingerprint density at radius 3 is 2.65 bits per heavy atom. The highest BCUT2D eigenvalue weighted by Crippen LogP contribution is 2.22.